The molecule has 4 rings (SSSR count). The average Bonchev–Trinajstić information content (AvgIpc) is 3.16. The van der Waals surface area contributed by atoms with Crippen LogP contribution in [0, 0.1) is 22.7 Å². The van der Waals surface area contributed by atoms with Gasteiger partial charge in [0.1, 0.15) is 0 Å². The number of Topliss-reactive ketones (excluding diaryl/α,β-unsaturated/α-hetero) is 1. The maximum Gasteiger partial charge on any atom is 0.341 e. The van der Waals surface area contributed by atoms with E-state index in [2.05, 4.69) is 19.9 Å². The topological polar surface area (TPSA) is 71.1 Å². The van der Waals surface area contributed by atoms with Gasteiger partial charge in [-0.2, -0.15) is 0 Å². The van der Waals surface area contributed by atoms with Gasteiger partial charge in [0.15, 0.2) is 11.6 Å². The second-order valence-corrected chi connectivity index (χ2v) is 8.91. The van der Waals surface area contributed by atoms with Crippen LogP contribution in [0.2, 0.25) is 0 Å². The molecule has 1 aliphatic heterocycles. The molecule has 1 saturated carbocycles. The molecule has 4 aliphatic rings. The Morgan fingerprint density at radius 1 is 1.25 bits per heavy atom. The Balaban J connectivity index is 1.78. The number of allylic oxidation sites excluding steroid dienone is 1. The quantitative estimate of drug-likeness (QED) is 0.419. The van der Waals surface area contributed by atoms with Gasteiger partial charge in [0.25, 0.3) is 0 Å². The number of rotatable bonds is 3. The molecule has 0 N–H and O–H groups in total. The standard InChI is InChI=1S/C22H30O6/c1-14-16-5-6-21(13-25-3)12-15(19(24)26-4)17(23)11-18(21)20(16,2)7-8-22(14)27-9-10-28-22/h5,12,14,18H,6-11,13H2,1-4H3/t14-,18+,20-,21-/m0/s1. The van der Waals surface area contributed by atoms with E-state index in [1.54, 1.807) is 7.11 Å². The van der Waals surface area contributed by atoms with Crippen LogP contribution in [0.5, 0.6) is 0 Å². The summed E-state index contributed by atoms with van der Waals surface area (Å²) in [5.74, 6) is -1.01. The van der Waals surface area contributed by atoms with Gasteiger partial charge in [0.05, 0.1) is 32.5 Å². The third-order valence-corrected chi connectivity index (χ3v) is 7.66. The predicted molar refractivity (Wildman–Crippen MR) is 101 cm³/mol. The first kappa shape index (κ1) is 19.8. The Morgan fingerprint density at radius 2 is 1.96 bits per heavy atom. The van der Waals surface area contributed by atoms with Crippen molar-refractivity contribution in [1.29, 1.82) is 0 Å². The number of ether oxygens (including phenoxy) is 4. The third kappa shape index (κ3) is 2.65. The molecule has 6 nitrogen and oxygen atoms in total. The molecule has 1 heterocycles. The molecule has 0 amide bonds. The second-order valence-electron chi connectivity index (χ2n) is 8.91. The number of fused-ring (bicyclic) bond motifs is 3. The number of hydrogen-bond acceptors (Lipinski definition) is 6. The number of carbonyl (C=O) groups excluding carboxylic acids is 2. The minimum atomic E-state index is -0.553. The van der Waals surface area contributed by atoms with Gasteiger partial charge in [-0.3, -0.25) is 4.79 Å². The molecule has 28 heavy (non-hydrogen) atoms. The van der Waals surface area contributed by atoms with Crippen molar-refractivity contribution >= 4 is 11.8 Å². The van der Waals surface area contributed by atoms with Crippen molar-refractivity contribution in [1.82, 2.24) is 0 Å². The number of methoxy groups -OCH3 is 2. The Morgan fingerprint density at radius 3 is 2.61 bits per heavy atom. The van der Waals surface area contributed by atoms with Crippen LogP contribution in [0.15, 0.2) is 23.3 Å². The molecule has 3 aliphatic carbocycles. The number of hydrogen-bond donors (Lipinski definition) is 0. The van der Waals surface area contributed by atoms with E-state index in [1.165, 1.54) is 12.7 Å². The van der Waals surface area contributed by atoms with E-state index in [4.69, 9.17) is 18.9 Å². The first-order valence-corrected chi connectivity index (χ1v) is 10.1. The summed E-state index contributed by atoms with van der Waals surface area (Å²) in [6, 6.07) is 0. The second kappa shape index (κ2) is 6.78. The van der Waals surface area contributed by atoms with E-state index in [-0.39, 0.29) is 34.0 Å². The highest BCUT2D eigenvalue weighted by molar-refractivity contribution is 6.18. The lowest BCUT2D eigenvalue weighted by Crippen LogP contribution is -2.56. The third-order valence-electron chi connectivity index (χ3n) is 7.66. The average molecular weight is 390 g/mol. The SMILES string of the molecule is COC[C@]12C=C(C(=O)OC)C(=O)C[C@@H]1[C@@]1(C)CCC3(OCCO3)[C@@H](C)C1=CC2. The Kier molecular flexibility index (Phi) is 4.80. The van der Waals surface area contributed by atoms with Gasteiger partial charge in [0.2, 0.25) is 0 Å². The summed E-state index contributed by atoms with van der Waals surface area (Å²) in [6.07, 6.45) is 6.88. The number of esters is 1. The van der Waals surface area contributed by atoms with Crippen LogP contribution >= 0.6 is 0 Å². The lowest BCUT2D eigenvalue weighted by Gasteiger charge is -2.59. The maximum atomic E-state index is 12.9. The van der Waals surface area contributed by atoms with E-state index in [0.717, 1.165) is 19.3 Å². The molecule has 0 unspecified atom stereocenters. The lowest BCUT2D eigenvalue weighted by atomic mass is 9.47. The Hall–Kier alpha value is -1.50. The molecule has 1 spiro atoms. The van der Waals surface area contributed by atoms with Crippen LogP contribution in [-0.2, 0) is 28.5 Å². The first-order valence-electron chi connectivity index (χ1n) is 10.1. The minimum absolute atomic E-state index is 0.0714. The Labute approximate surface area is 166 Å². The molecule has 0 aromatic carbocycles. The molecule has 0 aromatic rings. The van der Waals surface area contributed by atoms with Gasteiger partial charge < -0.3 is 18.9 Å². The van der Waals surface area contributed by atoms with Crippen molar-refractivity contribution in [2.24, 2.45) is 22.7 Å². The minimum Gasteiger partial charge on any atom is -0.465 e. The zero-order valence-corrected chi connectivity index (χ0v) is 17.2. The van der Waals surface area contributed by atoms with Crippen molar-refractivity contribution in [3.05, 3.63) is 23.3 Å². The maximum absolute atomic E-state index is 12.9. The highest BCUT2D eigenvalue weighted by atomic mass is 16.7. The van der Waals surface area contributed by atoms with E-state index in [0.29, 0.717) is 26.2 Å². The zero-order chi connectivity index (χ0) is 20.2. The molecule has 1 saturated heterocycles. The lowest BCUT2D eigenvalue weighted by molar-refractivity contribution is -0.212. The van der Waals surface area contributed by atoms with Crippen molar-refractivity contribution < 1.29 is 28.5 Å². The van der Waals surface area contributed by atoms with Crippen LogP contribution in [-0.4, -0.2) is 51.6 Å². The molecule has 0 aromatic heterocycles. The highest BCUT2D eigenvalue weighted by Gasteiger charge is 2.61. The smallest absolute Gasteiger partial charge is 0.341 e. The predicted octanol–water partition coefficient (Wildman–Crippen LogP) is 2.82. The largest absolute Gasteiger partial charge is 0.465 e. The van der Waals surface area contributed by atoms with Crippen molar-refractivity contribution in [3.8, 4) is 0 Å². The van der Waals surface area contributed by atoms with E-state index in [1.807, 2.05) is 6.08 Å². The van der Waals surface area contributed by atoms with Gasteiger partial charge >= 0.3 is 5.97 Å². The molecular weight excluding hydrogens is 360 g/mol. The van der Waals surface area contributed by atoms with Gasteiger partial charge in [-0.05, 0) is 24.2 Å². The van der Waals surface area contributed by atoms with E-state index in [9.17, 15) is 9.59 Å². The van der Waals surface area contributed by atoms with Crippen molar-refractivity contribution in [2.75, 3.05) is 34.0 Å². The molecule has 154 valence electrons. The summed E-state index contributed by atoms with van der Waals surface area (Å²) in [6.45, 7) is 6.18. The van der Waals surface area contributed by atoms with Crippen LogP contribution in [0.25, 0.3) is 0 Å². The molecular formula is C22H30O6. The molecule has 6 heteroatoms. The van der Waals surface area contributed by atoms with Crippen molar-refractivity contribution in [3.63, 3.8) is 0 Å². The van der Waals surface area contributed by atoms with Crippen LogP contribution in [0.1, 0.15) is 39.5 Å². The summed E-state index contributed by atoms with van der Waals surface area (Å²) in [5.41, 5.74) is 0.940. The van der Waals surface area contributed by atoms with Crippen LogP contribution < -0.4 is 0 Å². The van der Waals surface area contributed by atoms with Crippen LogP contribution in [0.3, 0.4) is 0 Å². The first-order chi connectivity index (χ1) is 13.3. The Bertz CT molecular complexity index is 746. The molecule has 0 bridgehead atoms. The zero-order valence-electron chi connectivity index (χ0n) is 17.2. The molecule has 0 radical (unpaired) electrons. The fourth-order valence-electron chi connectivity index (χ4n) is 6.26. The van der Waals surface area contributed by atoms with Gasteiger partial charge in [0, 0.05) is 31.3 Å². The van der Waals surface area contributed by atoms with Gasteiger partial charge in [-0.1, -0.05) is 31.6 Å². The van der Waals surface area contributed by atoms with Gasteiger partial charge in [-0.15, -0.1) is 0 Å². The summed E-state index contributed by atoms with van der Waals surface area (Å²) < 4.78 is 22.6. The van der Waals surface area contributed by atoms with E-state index < -0.39 is 11.8 Å². The summed E-state index contributed by atoms with van der Waals surface area (Å²) >= 11 is 0. The van der Waals surface area contributed by atoms with Gasteiger partial charge in [-0.25, -0.2) is 4.79 Å². The monoisotopic (exact) mass is 390 g/mol. The summed E-state index contributed by atoms with van der Waals surface area (Å²) in [5, 5.41) is 0. The summed E-state index contributed by atoms with van der Waals surface area (Å²) in [4.78, 5) is 25.0. The normalized spacial score (nSPS) is 39.1. The molecule has 2 fully saturated rings. The summed E-state index contributed by atoms with van der Waals surface area (Å²) in [7, 11) is 2.99. The van der Waals surface area contributed by atoms with E-state index >= 15 is 0 Å². The fourth-order valence-corrected chi connectivity index (χ4v) is 6.26. The van der Waals surface area contributed by atoms with Crippen LogP contribution in [0.4, 0.5) is 0 Å². The highest BCUT2D eigenvalue weighted by Crippen LogP contribution is 2.64. The molecule has 4 atom stereocenters. The number of carbonyl (C=O) groups is 2. The number of ketones is 1. The van der Waals surface area contributed by atoms with Crippen molar-refractivity contribution in [2.45, 2.75) is 45.3 Å². The fraction of sp³-hybridized carbons (Fsp3) is 0.727.